The Morgan fingerprint density at radius 3 is 2.51 bits per heavy atom. The van der Waals surface area contributed by atoms with Crippen molar-refractivity contribution >= 4 is 23.9 Å². The van der Waals surface area contributed by atoms with E-state index in [1.807, 2.05) is 24.3 Å². The summed E-state index contributed by atoms with van der Waals surface area (Å²) in [6.07, 6.45) is 2.01. The Bertz CT molecular complexity index is 1020. The minimum atomic E-state index is -0.968. The van der Waals surface area contributed by atoms with Crippen molar-refractivity contribution in [3.8, 4) is 5.75 Å². The molecule has 3 amide bonds. The maximum atomic E-state index is 13.7. The minimum absolute atomic E-state index is 0.187. The summed E-state index contributed by atoms with van der Waals surface area (Å²) in [7, 11) is 0. The first-order valence-electron chi connectivity index (χ1n) is 13.7. The van der Waals surface area contributed by atoms with Crippen LogP contribution in [0.25, 0.3) is 0 Å². The number of hydrazine groups is 1. The lowest BCUT2D eigenvalue weighted by molar-refractivity contribution is -0.153. The maximum absolute atomic E-state index is 13.7. The van der Waals surface area contributed by atoms with E-state index in [9.17, 15) is 19.2 Å². The number of nitrogens with zero attached hydrogens (tertiary/aromatic N) is 1. The molecule has 0 radical (unpaired) electrons. The number of rotatable bonds is 4. The molecule has 0 saturated carbocycles. The first kappa shape index (κ1) is 30.2. The fourth-order valence-corrected chi connectivity index (χ4v) is 4.40. The molecule has 3 atom stereocenters. The summed E-state index contributed by atoms with van der Waals surface area (Å²) in [6, 6.07) is 4.84. The van der Waals surface area contributed by atoms with E-state index in [0.29, 0.717) is 38.2 Å². The number of alkyl carbamates (subject to hydrolysis) is 1. The summed E-state index contributed by atoms with van der Waals surface area (Å²) in [4.78, 5) is 52.2. The van der Waals surface area contributed by atoms with Crippen LogP contribution in [0.15, 0.2) is 24.3 Å². The number of carbonyl (C=O) groups excluding carboxylic acids is 4. The van der Waals surface area contributed by atoms with Crippen LogP contribution in [0.1, 0.15) is 65.9 Å². The molecular formula is C28H42N4O7. The van der Waals surface area contributed by atoms with Crippen LogP contribution in [-0.2, 0) is 30.3 Å². The molecule has 2 aliphatic rings. The van der Waals surface area contributed by atoms with Crippen molar-refractivity contribution in [2.75, 3.05) is 19.8 Å². The molecule has 1 fully saturated rings. The van der Waals surface area contributed by atoms with E-state index < -0.39 is 41.7 Å². The second kappa shape index (κ2) is 13.6. The zero-order valence-electron chi connectivity index (χ0n) is 23.6. The van der Waals surface area contributed by atoms with E-state index in [0.717, 1.165) is 12.0 Å². The predicted molar refractivity (Wildman–Crippen MR) is 144 cm³/mol. The molecule has 11 heteroatoms. The molecule has 2 aliphatic heterocycles. The molecule has 4 bridgehead atoms. The first-order chi connectivity index (χ1) is 18.4. The predicted octanol–water partition coefficient (Wildman–Crippen LogP) is 2.47. The van der Waals surface area contributed by atoms with Crippen LogP contribution in [0, 0.1) is 5.92 Å². The van der Waals surface area contributed by atoms with E-state index in [1.165, 1.54) is 5.01 Å². The third kappa shape index (κ3) is 9.42. The monoisotopic (exact) mass is 546 g/mol. The summed E-state index contributed by atoms with van der Waals surface area (Å²) in [5, 5.41) is 6.87. The molecule has 0 spiro atoms. The van der Waals surface area contributed by atoms with E-state index >= 15 is 0 Å². The van der Waals surface area contributed by atoms with Crippen LogP contribution in [-0.4, -0.2) is 72.4 Å². The molecule has 1 saturated heterocycles. The largest absolute Gasteiger partial charge is 0.494 e. The Morgan fingerprint density at radius 2 is 1.82 bits per heavy atom. The number of hydrogen-bond donors (Lipinski definition) is 3. The van der Waals surface area contributed by atoms with Gasteiger partial charge >= 0.3 is 12.1 Å². The van der Waals surface area contributed by atoms with Crippen LogP contribution in [0.3, 0.4) is 0 Å². The number of hydrogen-bond acceptors (Lipinski definition) is 8. The lowest BCUT2D eigenvalue weighted by Crippen LogP contribution is -2.62. The molecule has 3 unspecified atom stereocenters. The van der Waals surface area contributed by atoms with E-state index in [1.54, 1.807) is 34.6 Å². The molecular weight excluding hydrogens is 504 g/mol. The van der Waals surface area contributed by atoms with Gasteiger partial charge in [-0.15, -0.1) is 0 Å². The van der Waals surface area contributed by atoms with Gasteiger partial charge < -0.3 is 24.8 Å². The molecule has 1 aromatic carbocycles. The Labute approximate surface area is 230 Å². The van der Waals surface area contributed by atoms with Crippen LogP contribution >= 0.6 is 0 Å². The zero-order chi connectivity index (χ0) is 28.6. The Morgan fingerprint density at radius 1 is 1.10 bits per heavy atom. The van der Waals surface area contributed by atoms with Gasteiger partial charge in [-0.3, -0.25) is 19.4 Å². The Kier molecular flexibility index (Phi) is 10.6. The molecule has 11 nitrogen and oxygen atoms in total. The van der Waals surface area contributed by atoms with Crippen LogP contribution < -0.4 is 20.8 Å². The third-order valence-corrected chi connectivity index (χ3v) is 6.36. The molecule has 1 aromatic rings. The highest BCUT2D eigenvalue weighted by molar-refractivity contribution is 5.91. The molecule has 216 valence electrons. The van der Waals surface area contributed by atoms with Gasteiger partial charge in [-0.2, -0.15) is 0 Å². The van der Waals surface area contributed by atoms with Crippen molar-refractivity contribution in [3.63, 3.8) is 0 Å². The number of cyclic esters (lactones) is 1. The van der Waals surface area contributed by atoms with Gasteiger partial charge in [-0.1, -0.05) is 26.0 Å². The van der Waals surface area contributed by atoms with Crippen LogP contribution in [0.2, 0.25) is 0 Å². The Hall–Kier alpha value is -3.34. The van der Waals surface area contributed by atoms with Crippen molar-refractivity contribution in [2.45, 2.75) is 90.4 Å². The smallest absolute Gasteiger partial charge is 0.408 e. The number of esters is 1. The zero-order valence-corrected chi connectivity index (χ0v) is 23.6. The topological polar surface area (TPSA) is 135 Å². The van der Waals surface area contributed by atoms with Crippen molar-refractivity contribution in [1.82, 2.24) is 21.1 Å². The number of amides is 3. The maximum Gasteiger partial charge on any atom is 0.408 e. The fourth-order valence-electron chi connectivity index (χ4n) is 4.40. The summed E-state index contributed by atoms with van der Waals surface area (Å²) in [5.41, 5.74) is 3.07. The van der Waals surface area contributed by atoms with E-state index in [4.69, 9.17) is 14.2 Å². The fraction of sp³-hybridized carbons (Fsp3) is 0.643. The van der Waals surface area contributed by atoms with Gasteiger partial charge in [-0.25, -0.2) is 10.2 Å². The minimum Gasteiger partial charge on any atom is -0.494 e. The van der Waals surface area contributed by atoms with Gasteiger partial charge in [0.15, 0.2) is 0 Å². The summed E-state index contributed by atoms with van der Waals surface area (Å²) < 4.78 is 16.6. The summed E-state index contributed by atoms with van der Waals surface area (Å²) in [5.74, 6) is -0.935. The second-order valence-electron chi connectivity index (χ2n) is 11.3. The molecule has 3 rings (SSSR count). The van der Waals surface area contributed by atoms with Gasteiger partial charge in [-0.05, 0) is 70.1 Å². The van der Waals surface area contributed by atoms with Gasteiger partial charge in [0.2, 0.25) is 5.91 Å². The van der Waals surface area contributed by atoms with Crippen molar-refractivity contribution in [3.05, 3.63) is 29.8 Å². The van der Waals surface area contributed by atoms with E-state index in [-0.39, 0.29) is 24.9 Å². The average Bonchev–Trinajstić information content (AvgIpc) is 2.87. The molecule has 39 heavy (non-hydrogen) atoms. The van der Waals surface area contributed by atoms with Gasteiger partial charge in [0.1, 0.15) is 29.5 Å². The SMILES string of the molecule is CC(C)C(NC(=O)OC(C)(C)C)C(=O)NC1Cc2cccc(c2)OCCCCOC(=O)C2CCCN(N2)C1=O. The lowest BCUT2D eigenvalue weighted by Gasteiger charge is -2.35. The highest BCUT2D eigenvalue weighted by Crippen LogP contribution is 2.18. The quantitative estimate of drug-likeness (QED) is 0.490. The summed E-state index contributed by atoms with van der Waals surface area (Å²) in [6.45, 7) is 9.92. The molecule has 0 aliphatic carbocycles. The van der Waals surface area contributed by atoms with Crippen LogP contribution in [0.5, 0.6) is 5.75 Å². The highest BCUT2D eigenvalue weighted by atomic mass is 16.6. The molecule has 2 heterocycles. The standard InChI is InChI=1S/C28H42N4O7/c1-18(2)23(30-27(36)39-28(3,4)5)24(33)29-22-17-19-10-8-11-20(16-19)37-14-6-7-15-38-26(35)21-12-9-13-32(31-21)25(22)34/h8,10-11,16,18,21-23,31H,6-7,9,12-15,17H2,1-5H3,(H,29,33)(H,30,36). The third-order valence-electron chi connectivity index (χ3n) is 6.36. The number of nitrogens with one attached hydrogen (secondary N) is 3. The van der Waals surface area contributed by atoms with Gasteiger partial charge in [0, 0.05) is 13.0 Å². The van der Waals surface area contributed by atoms with Crippen molar-refractivity contribution in [2.24, 2.45) is 5.92 Å². The normalized spacial score (nSPS) is 21.8. The average molecular weight is 547 g/mol. The Balaban J connectivity index is 1.85. The van der Waals surface area contributed by atoms with Gasteiger partial charge in [0.05, 0.1) is 13.2 Å². The number of carbonyl (C=O) groups is 4. The number of benzene rings is 1. The molecule has 0 aromatic heterocycles. The summed E-state index contributed by atoms with van der Waals surface area (Å²) >= 11 is 0. The van der Waals surface area contributed by atoms with Crippen molar-refractivity contribution in [1.29, 1.82) is 0 Å². The second-order valence-corrected chi connectivity index (χ2v) is 11.3. The van der Waals surface area contributed by atoms with Crippen LogP contribution in [0.4, 0.5) is 4.79 Å². The van der Waals surface area contributed by atoms with Gasteiger partial charge in [0.25, 0.3) is 5.91 Å². The van der Waals surface area contributed by atoms with Crippen molar-refractivity contribution < 1.29 is 33.4 Å². The number of ether oxygens (including phenoxy) is 3. The molecule has 3 N–H and O–H groups in total. The number of fused-ring (bicyclic) bond motifs is 4. The lowest BCUT2D eigenvalue weighted by atomic mass is 10.0. The van der Waals surface area contributed by atoms with E-state index in [2.05, 4.69) is 16.1 Å². The first-order valence-corrected chi connectivity index (χ1v) is 13.7. The highest BCUT2D eigenvalue weighted by Gasteiger charge is 2.35.